The van der Waals surface area contributed by atoms with Crippen LogP contribution >= 0.6 is 23.4 Å². The Balaban J connectivity index is 1.90. The molecule has 2 amide bonds. The monoisotopic (exact) mass is 461 g/mol. The topological polar surface area (TPSA) is 93.1 Å². The SMILES string of the molecule is CCOc1cc(/C=C2/SC(=O)N(c3ccccc3Cl)C2=O)ccc1OC(CC)C(=O)O. The third-order valence-corrected chi connectivity index (χ3v) is 5.56. The fourth-order valence-electron chi connectivity index (χ4n) is 2.90. The van der Waals surface area contributed by atoms with Gasteiger partial charge in [-0.15, -0.1) is 0 Å². The van der Waals surface area contributed by atoms with Crippen molar-refractivity contribution in [3.8, 4) is 11.5 Å². The summed E-state index contributed by atoms with van der Waals surface area (Å²) in [6.45, 7) is 3.84. The Morgan fingerprint density at radius 3 is 2.58 bits per heavy atom. The minimum absolute atomic E-state index is 0.234. The Bertz CT molecular complexity index is 1050. The largest absolute Gasteiger partial charge is 0.490 e. The lowest BCUT2D eigenvalue weighted by molar-refractivity contribution is -0.145. The molecule has 31 heavy (non-hydrogen) atoms. The maximum absolute atomic E-state index is 12.8. The second-order valence-electron chi connectivity index (χ2n) is 6.46. The number of carbonyl (C=O) groups excluding carboxylic acids is 2. The minimum Gasteiger partial charge on any atom is -0.490 e. The molecule has 9 heteroatoms. The van der Waals surface area contributed by atoms with Crippen LogP contribution in [0.15, 0.2) is 47.4 Å². The van der Waals surface area contributed by atoms with E-state index < -0.39 is 23.2 Å². The lowest BCUT2D eigenvalue weighted by atomic mass is 10.1. The molecule has 0 radical (unpaired) electrons. The molecule has 0 bridgehead atoms. The number of aliphatic carboxylic acids is 1. The first-order chi connectivity index (χ1) is 14.8. The Kier molecular flexibility index (Phi) is 7.25. The van der Waals surface area contributed by atoms with Crippen LogP contribution < -0.4 is 14.4 Å². The summed E-state index contributed by atoms with van der Waals surface area (Å²) in [4.78, 5) is 37.8. The van der Waals surface area contributed by atoms with Crippen molar-refractivity contribution in [2.24, 2.45) is 0 Å². The van der Waals surface area contributed by atoms with Gasteiger partial charge < -0.3 is 14.6 Å². The van der Waals surface area contributed by atoms with Gasteiger partial charge in [-0.05, 0) is 61.0 Å². The molecule has 162 valence electrons. The van der Waals surface area contributed by atoms with Crippen LogP contribution in [0.1, 0.15) is 25.8 Å². The smallest absolute Gasteiger partial charge is 0.344 e. The maximum Gasteiger partial charge on any atom is 0.344 e. The second-order valence-corrected chi connectivity index (χ2v) is 7.86. The van der Waals surface area contributed by atoms with Crippen LogP contribution in [0.2, 0.25) is 5.02 Å². The number of imide groups is 1. The van der Waals surface area contributed by atoms with Crippen molar-refractivity contribution in [2.75, 3.05) is 11.5 Å². The average Bonchev–Trinajstić information content (AvgIpc) is 3.01. The lowest BCUT2D eigenvalue weighted by Crippen LogP contribution is -2.27. The van der Waals surface area contributed by atoms with Crippen molar-refractivity contribution >= 4 is 52.2 Å². The summed E-state index contributed by atoms with van der Waals surface area (Å²) < 4.78 is 11.2. The highest BCUT2D eigenvalue weighted by atomic mass is 35.5. The van der Waals surface area contributed by atoms with Gasteiger partial charge in [-0.2, -0.15) is 0 Å². The number of thioether (sulfide) groups is 1. The fourth-order valence-corrected chi connectivity index (χ4v) is 3.96. The zero-order valence-corrected chi connectivity index (χ0v) is 18.4. The molecule has 2 aromatic rings. The number of benzene rings is 2. The summed E-state index contributed by atoms with van der Waals surface area (Å²) in [7, 11) is 0. The van der Waals surface area contributed by atoms with Crippen molar-refractivity contribution in [2.45, 2.75) is 26.4 Å². The first kappa shape index (κ1) is 22.7. The number of hydrogen-bond donors (Lipinski definition) is 1. The number of anilines is 1. The number of halogens is 1. The molecule has 1 unspecified atom stereocenters. The summed E-state index contributed by atoms with van der Waals surface area (Å²) in [6, 6.07) is 11.5. The van der Waals surface area contributed by atoms with Gasteiger partial charge in [0.2, 0.25) is 0 Å². The molecule has 0 spiro atoms. The van der Waals surface area contributed by atoms with Crippen LogP contribution in [0, 0.1) is 0 Å². The van der Waals surface area contributed by atoms with Gasteiger partial charge in [0.25, 0.3) is 11.1 Å². The van der Waals surface area contributed by atoms with Gasteiger partial charge in [0.05, 0.1) is 22.2 Å². The molecule has 1 aliphatic heterocycles. The predicted octanol–water partition coefficient (Wildman–Crippen LogP) is 5.22. The molecule has 1 heterocycles. The molecule has 1 aliphatic rings. The van der Waals surface area contributed by atoms with Gasteiger partial charge in [-0.25, -0.2) is 9.69 Å². The Morgan fingerprint density at radius 2 is 1.94 bits per heavy atom. The molecule has 0 saturated carbocycles. The first-order valence-corrected chi connectivity index (χ1v) is 10.7. The Morgan fingerprint density at radius 1 is 1.19 bits per heavy atom. The molecule has 3 rings (SSSR count). The van der Waals surface area contributed by atoms with E-state index in [1.54, 1.807) is 62.4 Å². The summed E-state index contributed by atoms with van der Waals surface area (Å²) in [6.07, 6.45) is 0.859. The van der Waals surface area contributed by atoms with E-state index in [2.05, 4.69) is 0 Å². The van der Waals surface area contributed by atoms with Crippen LogP contribution in [0.3, 0.4) is 0 Å². The molecule has 7 nitrogen and oxygen atoms in total. The normalized spacial score (nSPS) is 16.0. The summed E-state index contributed by atoms with van der Waals surface area (Å²) >= 11 is 6.96. The summed E-state index contributed by atoms with van der Waals surface area (Å²) in [5, 5.41) is 9.09. The highest BCUT2D eigenvalue weighted by Gasteiger charge is 2.37. The van der Waals surface area contributed by atoms with Gasteiger partial charge in [-0.1, -0.05) is 36.7 Å². The van der Waals surface area contributed by atoms with Gasteiger partial charge >= 0.3 is 5.97 Å². The molecule has 1 N–H and O–H groups in total. The Hall–Kier alpha value is -2.97. The highest BCUT2D eigenvalue weighted by molar-refractivity contribution is 8.19. The number of ether oxygens (including phenoxy) is 2. The van der Waals surface area contributed by atoms with Crippen molar-refractivity contribution in [1.82, 2.24) is 0 Å². The summed E-state index contributed by atoms with van der Waals surface area (Å²) in [5.74, 6) is -0.903. The van der Waals surface area contributed by atoms with E-state index in [0.29, 0.717) is 28.6 Å². The van der Waals surface area contributed by atoms with Crippen molar-refractivity contribution < 1.29 is 29.0 Å². The van der Waals surface area contributed by atoms with Crippen molar-refractivity contribution in [1.29, 1.82) is 0 Å². The van der Waals surface area contributed by atoms with E-state index >= 15 is 0 Å². The molecular weight excluding hydrogens is 442 g/mol. The zero-order valence-electron chi connectivity index (χ0n) is 16.8. The van der Waals surface area contributed by atoms with Gasteiger partial charge in [0.1, 0.15) is 0 Å². The molecule has 1 fully saturated rings. The first-order valence-electron chi connectivity index (χ1n) is 9.54. The number of para-hydroxylation sites is 1. The number of carboxylic acid groups (broad SMARTS) is 1. The molecular formula is C22H20ClNO6S. The number of rotatable bonds is 8. The average molecular weight is 462 g/mol. The van der Waals surface area contributed by atoms with E-state index in [9.17, 15) is 19.5 Å². The zero-order chi connectivity index (χ0) is 22.5. The third kappa shape index (κ3) is 5.03. The quantitative estimate of drug-likeness (QED) is 0.538. The minimum atomic E-state index is -1.07. The fraction of sp³-hybridized carbons (Fsp3) is 0.227. The second kappa shape index (κ2) is 9.89. The van der Waals surface area contributed by atoms with Crippen LogP contribution in [0.25, 0.3) is 6.08 Å². The third-order valence-electron chi connectivity index (χ3n) is 4.37. The summed E-state index contributed by atoms with van der Waals surface area (Å²) in [5.41, 5.74) is 0.928. The van der Waals surface area contributed by atoms with E-state index in [4.69, 9.17) is 21.1 Å². The maximum atomic E-state index is 12.8. The highest BCUT2D eigenvalue weighted by Crippen LogP contribution is 2.39. The van der Waals surface area contributed by atoms with Crippen molar-refractivity contribution in [3.05, 3.63) is 58.0 Å². The molecule has 1 atom stereocenters. The molecule has 2 aromatic carbocycles. The van der Waals surface area contributed by atoms with Gasteiger partial charge in [0, 0.05) is 0 Å². The standard InChI is InChI=1S/C22H20ClNO6S/c1-3-16(21(26)27)30-17-10-9-13(11-18(17)29-4-2)12-19-20(25)24(22(28)31-19)15-8-6-5-7-14(15)23/h5-12,16H,3-4H2,1-2H3,(H,26,27)/b19-12+. The number of carbonyl (C=O) groups is 3. The number of carboxylic acids is 1. The predicted molar refractivity (Wildman–Crippen MR) is 120 cm³/mol. The number of amides is 2. The van der Waals surface area contributed by atoms with Crippen LogP contribution in [-0.4, -0.2) is 34.9 Å². The van der Waals surface area contributed by atoms with Crippen LogP contribution in [-0.2, 0) is 9.59 Å². The van der Waals surface area contributed by atoms with Gasteiger partial charge in [0.15, 0.2) is 17.6 Å². The number of nitrogens with zero attached hydrogens (tertiary/aromatic N) is 1. The number of hydrogen-bond acceptors (Lipinski definition) is 6. The van der Waals surface area contributed by atoms with E-state index in [-0.39, 0.29) is 17.1 Å². The lowest BCUT2D eigenvalue weighted by Gasteiger charge is -2.17. The molecule has 0 aromatic heterocycles. The van der Waals surface area contributed by atoms with Crippen LogP contribution in [0.4, 0.5) is 10.5 Å². The molecule has 0 aliphatic carbocycles. The van der Waals surface area contributed by atoms with Crippen LogP contribution in [0.5, 0.6) is 11.5 Å². The van der Waals surface area contributed by atoms with Crippen molar-refractivity contribution in [3.63, 3.8) is 0 Å². The van der Waals surface area contributed by atoms with Gasteiger partial charge in [-0.3, -0.25) is 9.59 Å². The van der Waals surface area contributed by atoms with E-state index in [0.717, 1.165) is 16.7 Å². The molecule has 1 saturated heterocycles. The Labute approximate surface area is 188 Å². The van der Waals surface area contributed by atoms with E-state index in [1.807, 2.05) is 0 Å². The van der Waals surface area contributed by atoms with E-state index in [1.165, 1.54) is 0 Å².